The molecule has 6 nitrogen and oxygen atoms in total. The van der Waals surface area contributed by atoms with Gasteiger partial charge in [0.15, 0.2) is 0 Å². The molecule has 1 aromatic rings. The predicted octanol–water partition coefficient (Wildman–Crippen LogP) is -7.64. The van der Waals surface area contributed by atoms with Crippen LogP contribution in [0.2, 0.25) is 0 Å². The Kier molecular flexibility index (Phi) is 9.48. The molecule has 0 amide bonds. The number of aliphatic carboxylic acids is 2. The van der Waals surface area contributed by atoms with Gasteiger partial charge >= 0.3 is 59.1 Å². The summed E-state index contributed by atoms with van der Waals surface area (Å²) < 4.78 is 10.4. The maximum Gasteiger partial charge on any atom is 1.00 e. The van der Waals surface area contributed by atoms with Crippen molar-refractivity contribution in [3.8, 4) is 5.75 Å². The minimum Gasteiger partial charge on any atom is -0.545 e. The van der Waals surface area contributed by atoms with Crippen LogP contribution in [-0.4, -0.2) is 31.3 Å². The largest absolute Gasteiger partial charge is 1.00 e. The average molecular weight is 308 g/mol. The predicted molar refractivity (Wildman–Crippen MR) is 59.7 cm³/mol. The van der Waals surface area contributed by atoms with Crippen molar-refractivity contribution in [2.45, 2.75) is 6.10 Å². The van der Waals surface area contributed by atoms with Gasteiger partial charge in [-0.2, -0.15) is 0 Å². The summed E-state index contributed by atoms with van der Waals surface area (Å²) in [5, 5.41) is 21.1. The van der Waals surface area contributed by atoms with E-state index in [2.05, 4.69) is 0 Å². The van der Waals surface area contributed by atoms with Crippen molar-refractivity contribution in [1.82, 2.24) is 0 Å². The summed E-state index contributed by atoms with van der Waals surface area (Å²) in [6.45, 7) is 1.15. The fraction of sp³-hybridized carbons (Fsp3) is 0.231. The first-order valence-corrected chi connectivity index (χ1v) is 5.55. The minimum absolute atomic E-state index is 0. The quantitative estimate of drug-likeness (QED) is 0.170. The van der Waals surface area contributed by atoms with Crippen molar-refractivity contribution < 1.29 is 88.4 Å². The molecule has 1 unspecified atom stereocenters. The second-order valence-electron chi connectivity index (χ2n) is 3.97. The summed E-state index contributed by atoms with van der Waals surface area (Å²) in [7, 11) is 0. The number of carbonyl (C=O) groups excluding carboxylic acids is 2. The van der Waals surface area contributed by atoms with E-state index in [4.69, 9.17) is 9.47 Å². The Morgan fingerprint density at radius 1 is 1.19 bits per heavy atom. The van der Waals surface area contributed by atoms with Crippen LogP contribution in [0.5, 0.6) is 5.75 Å². The second-order valence-corrected chi connectivity index (χ2v) is 3.97. The van der Waals surface area contributed by atoms with Crippen LogP contribution in [0, 0.1) is 0 Å². The van der Waals surface area contributed by atoms with E-state index in [1.807, 2.05) is 0 Å². The molecule has 0 bridgehead atoms. The summed E-state index contributed by atoms with van der Waals surface area (Å²) in [6.07, 6.45) is 1.11. The Morgan fingerprint density at radius 3 is 2.14 bits per heavy atom. The van der Waals surface area contributed by atoms with E-state index in [1.165, 1.54) is 12.1 Å². The van der Waals surface area contributed by atoms with E-state index in [-0.39, 0.29) is 65.2 Å². The molecular weight excluding hydrogens is 298 g/mol. The van der Waals surface area contributed by atoms with Crippen LogP contribution in [-0.2, 0) is 14.3 Å². The van der Waals surface area contributed by atoms with Crippen LogP contribution >= 0.6 is 0 Å². The number of carbonyl (C=O) groups is 2. The fourth-order valence-corrected chi connectivity index (χ4v) is 1.38. The summed E-state index contributed by atoms with van der Waals surface area (Å²) in [4.78, 5) is 21.1. The van der Waals surface area contributed by atoms with Crippen molar-refractivity contribution in [3.63, 3.8) is 0 Å². The SMILES string of the molecule is O=C([O-])C(=Cc1ccc(OCC2CO2)cc1)C(=O)[O-].[Na+].[Na+]. The third kappa shape index (κ3) is 6.97. The molecule has 1 aliphatic rings. The summed E-state index contributed by atoms with van der Waals surface area (Å²) in [6, 6.07) is 6.29. The molecule has 0 radical (unpaired) electrons. The van der Waals surface area contributed by atoms with Gasteiger partial charge in [-0.15, -0.1) is 0 Å². The van der Waals surface area contributed by atoms with Gasteiger partial charge in [0.2, 0.25) is 0 Å². The Hall–Kier alpha value is -0.340. The van der Waals surface area contributed by atoms with E-state index in [1.54, 1.807) is 12.1 Å². The maximum atomic E-state index is 10.6. The molecule has 8 heteroatoms. The monoisotopic (exact) mass is 308 g/mol. The summed E-state index contributed by atoms with van der Waals surface area (Å²) >= 11 is 0. The molecule has 1 fully saturated rings. The van der Waals surface area contributed by atoms with Crippen LogP contribution in [0.4, 0.5) is 0 Å². The molecule has 21 heavy (non-hydrogen) atoms. The fourth-order valence-electron chi connectivity index (χ4n) is 1.38. The Bertz CT molecular complexity index is 506. The van der Waals surface area contributed by atoms with Gasteiger partial charge in [0.05, 0.1) is 18.5 Å². The molecule has 1 aliphatic heterocycles. The first-order valence-electron chi connectivity index (χ1n) is 5.55. The van der Waals surface area contributed by atoms with Crippen LogP contribution < -0.4 is 74.1 Å². The molecule has 100 valence electrons. The Morgan fingerprint density at radius 2 is 1.71 bits per heavy atom. The smallest absolute Gasteiger partial charge is 0.545 e. The zero-order valence-corrected chi connectivity index (χ0v) is 15.8. The van der Waals surface area contributed by atoms with Crippen molar-refractivity contribution in [3.05, 3.63) is 35.4 Å². The van der Waals surface area contributed by atoms with Crippen LogP contribution in [0.1, 0.15) is 5.56 Å². The normalized spacial score (nSPS) is 15.0. The summed E-state index contributed by atoms with van der Waals surface area (Å²) in [5.41, 5.74) is -0.501. The molecule has 1 heterocycles. The number of epoxide rings is 1. The number of rotatable bonds is 6. The van der Waals surface area contributed by atoms with E-state index in [0.29, 0.717) is 24.5 Å². The maximum absolute atomic E-state index is 10.6. The molecule has 1 atom stereocenters. The molecule has 1 aromatic carbocycles. The van der Waals surface area contributed by atoms with E-state index < -0.39 is 17.5 Å². The van der Waals surface area contributed by atoms with Crippen LogP contribution in [0.3, 0.4) is 0 Å². The Labute approximate surface area is 165 Å². The molecular formula is C13H10Na2O6. The molecule has 2 rings (SSSR count). The molecule has 0 N–H and O–H groups in total. The zero-order chi connectivity index (χ0) is 13.8. The molecule has 0 spiro atoms. The van der Waals surface area contributed by atoms with Crippen molar-refractivity contribution in [1.29, 1.82) is 0 Å². The molecule has 1 saturated heterocycles. The second kappa shape index (κ2) is 9.63. The first-order chi connectivity index (χ1) is 9.06. The van der Waals surface area contributed by atoms with E-state index >= 15 is 0 Å². The van der Waals surface area contributed by atoms with Gasteiger partial charge in [-0.3, -0.25) is 0 Å². The van der Waals surface area contributed by atoms with Crippen molar-refractivity contribution in [2.24, 2.45) is 0 Å². The number of ether oxygens (including phenoxy) is 2. The zero-order valence-electron chi connectivity index (χ0n) is 11.8. The van der Waals surface area contributed by atoms with E-state index in [0.717, 1.165) is 6.08 Å². The molecule has 0 saturated carbocycles. The van der Waals surface area contributed by atoms with Crippen LogP contribution in [0.15, 0.2) is 29.8 Å². The number of hydrogen-bond acceptors (Lipinski definition) is 6. The van der Waals surface area contributed by atoms with Gasteiger partial charge in [0.25, 0.3) is 0 Å². The average Bonchev–Trinajstić information content (AvgIpc) is 3.18. The minimum atomic E-state index is -1.79. The van der Waals surface area contributed by atoms with Crippen LogP contribution in [0.25, 0.3) is 6.08 Å². The summed E-state index contributed by atoms with van der Waals surface area (Å²) in [5.74, 6) is -2.98. The standard InChI is InChI=1S/C13H12O6.2Na/c14-12(15)11(13(16)17)5-8-1-3-9(4-2-8)18-6-10-7-19-10;;/h1-5,10H,6-7H2,(H,14,15)(H,16,17);;/q;2*+1/p-2. The van der Waals surface area contributed by atoms with E-state index in [9.17, 15) is 19.8 Å². The number of benzene rings is 1. The first kappa shape index (κ1) is 20.7. The Balaban J connectivity index is 0.00000200. The van der Waals surface area contributed by atoms with Gasteiger partial charge in [-0.1, -0.05) is 12.1 Å². The third-order valence-electron chi connectivity index (χ3n) is 2.47. The molecule has 0 aromatic heterocycles. The van der Waals surface area contributed by atoms with Gasteiger partial charge in [0, 0.05) is 5.57 Å². The van der Waals surface area contributed by atoms with Crippen molar-refractivity contribution in [2.75, 3.05) is 13.2 Å². The number of carboxylic acid groups (broad SMARTS) is 2. The number of carboxylic acids is 2. The molecule has 0 aliphatic carbocycles. The third-order valence-corrected chi connectivity index (χ3v) is 2.47. The van der Waals surface area contributed by atoms with Crippen molar-refractivity contribution >= 4 is 18.0 Å². The number of hydrogen-bond donors (Lipinski definition) is 0. The topological polar surface area (TPSA) is 102 Å². The van der Waals surface area contributed by atoms with Gasteiger partial charge in [-0.05, 0) is 23.8 Å². The van der Waals surface area contributed by atoms with Gasteiger partial charge in [0.1, 0.15) is 18.5 Å². The van der Waals surface area contributed by atoms with Gasteiger partial charge in [-0.25, -0.2) is 0 Å². The van der Waals surface area contributed by atoms with Gasteiger partial charge < -0.3 is 29.3 Å².